The van der Waals surface area contributed by atoms with Gasteiger partial charge in [0.25, 0.3) is 0 Å². The molecule has 0 aromatic rings. The van der Waals surface area contributed by atoms with Crippen LogP contribution in [-0.4, -0.2) is 34.1 Å². The quantitative estimate of drug-likeness (QED) is 0.809. The SMILES string of the molecule is CC1(C)CCC[C@]2(C)[C@@H]1CC[C@]1(C)O[C@@](C)([C@H](O)CO)CC[C@@H]21. The van der Waals surface area contributed by atoms with Gasteiger partial charge in [-0.1, -0.05) is 27.2 Å². The van der Waals surface area contributed by atoms with E-state index in [0.29, 0.717) is 16.7 Å². The Kier molecular flexibility index (Phi) is 4.18. The third-order valence-electron chi connectivity index (χ3n) is 8.01. The van der Waals surface area contributed by atoms with Crippen LogP contribution in [-0.2, 0) is 4.74 Å². The maximum Gasteiger partial charge on any atom is 0.106 e. The van der Waals surface area contributed by atoms with Gasteiger partial charge in [-0.15, -0.1) is 0 Å². The van der Waals surface area contributed by atoms with Crippen LogP contribution in [0, 0.1) is 22.7 Å². The van der Waals surface area contributed by atoms with Crippen LogP contribution in [0.1, 0.15) is 79.6 Å². The minimum Gasteiger partial charge on any atom is -0.394 e. The smallest absolute Gasteiger partial charge is 0.106 e. The van der Waals surface area contributed by atoms with Gasteiger partial charge in [-0.25, -0.2) is 0 Å². The van der Waals surface area contributed by atoms with E-state index >= 15 is 0 Å². The first kappa shape index (κ1) is 17.7. The van der Waals surface area contributed by atoms with E-state index in [2.05, 4.69) is 27.7 Å². The summed E-state index contributed by atoms with van der Waals surface area (Å²) in [6.07, 6.45) is 7.45. The molecule has 0 amide bonds. The molecule has 3 aliphatic rings. The largest absolute Gasteiger partial charge is 0.394 e. The average molecular weight is 325 g/mol. The fourth-order valence-corrected chi connectivity index (χ4v) is 6.81. The molecule has 0 bridgehead atoms. The van der Waals surface area contributed by atoms with Crippen LogP contribution in [0.2, 0.25) is 0 Å². The van der Waals surface area contributed by atoms with Crippen molar-refractivity contribution in [1.82, 2.24) is 0 Å². The lowest BCUT2D eigenvalue weighted by Crippen LogP contribution is -2.64. The molecular weight excluding hydrogens is 288 g/mol. The summed E-state index contributed by atoms with van der Waals surface area (Å²) in [4.78, 5) is 0. The Morgan fingerprint density at radius 1 is 0.957 bits per heavy atom. The number of hydrogen-bond acceptors (Lipinski definition) is 3. The van der Waals surface area contributed by atoms with Gasteiger partial charge in [-0.3, -0.25) is 0 Å². The third kappa shape index (κ3) is 2.58. The molecule has 2 saturated carbocycles. The van der Waals surface area contributed by atoms with Crippen molar-refractivity contribution in [2.75, 3.05) is 6.61 Å². The van der Waals surface area contributed by atoms with E-state index in [1.54, 1.807) is 0 Å². The van der Waals surface area contributed by atoms with E-state index in [-0.39, 0.29) is 12.2 Å². The molecule has 3 heteroatoms. The molecule has 2 N–H and O–H groups in total. The van der Waals surface area contributed by atoms with Crippen LogP contribution in [0.25, 0.3) is 0 Å². The van der Waals surface area contributed by atoms with Crippen molar-refractivity contribution in [1.29, 1.82) is 0 Å². The van der Waals surface area contributed by atoms with Gasteiger partial charge < -0.3 is 14.9 Å². The van der Waals surface area contributed by atoms with Crippen molar-refractivity contribution in [3.05, 3.63) is 0 Å². The van der Waals surface area contributed by atoms with Crippen molar-refractivity contribution < 1.29 is 14.9 Å². The van der Waals surface area contributed by atoms with Crippen LogP contribution in [0.3, 0.4) is 0 Å². The Morgan fingerprint density at radius 2 is 1.61 bits per heavy atom. The van der Waals surface area contributed by atoms with Crippen LogP contribution < -0.4 is 0 Å². The Morgan fingerprint density at radius 3 is 2.26 bits per heavy atom. The molecule has 3 nitrogen and oxygen atoms in total. The fraction of sp³-hybridized carbons (Fsp3) is 1.00. The minimum absolute atomic E-state index is 0.165. The second kappa shape index (κ2) is 5.44. The lowest BCUT2D eigenvalue weighted by atomic mass is 9.44. The first-order valence-electron chi connectivity index (χ1n) is 9.57. The van der Waals surface area contributed by atoms with Crippen molar-refractivity contribution in [2.24, 2.45) is 22.7 Å². The summed E-state index contributed by atoms with van der Waals surface area (Å²) >= 11 is 0. The number of hydrogen-bond donors (Lipinski definition) is 2. The maximum atomic E-state index is 10.3. The van der Waals surface area contributed by atoms with E-state index in [9.17, 15) is 10.2 Å². The summed E-state index contributed by atoms with van der Waals surface area (Å²) in [6, 6.07) is 0. The van der Waals surface area contributed by atoms with Crippen LogP contribution in [0.4, 0.5) is 0 Å². The highest BCUT2D eigenvalue weighted by atomic mass is 16.5. The summed E-state index contributed by atoms with van der Waals surface area (Å²) in [6.45, 7) is 11.5. The van der Waals surface area contributed by atoms with Crippen LogP contribution in [0.15, 0.2) is 0 Å². The first-order chi connectivity index (χ1) is 10.6. The third-order valence-corrected chi connectivity index (χ3v) is 8.01. The topological polar surface area (TPSA) is 49.7 Å². The molecule has 3 fully saturated rings. The minimum atomic E-state index is -0.784. The van der Waals surface area contributed by atoms with Gasteiger partial charge >= 0.3 is 0 Å². The summed E-state index contributed by atoms with van der Waals surface area (Å²) < 4.78 is 6.59. The molecule has 134 valence electrons. The second-order valence-corrected chi connectivity index (χ2v) is 9.96. The van der Waals surface area contributed by atoms with Gasteiger partial charge in [0.05, 0.1) is 17.8 Å². The predicted molar refractivity (Wildman–Crippen MR) is 92.2 cm³/mol. The zero-order valence-electron chi connectivity index (χ0n) is 15.7. The monoisotopic (exact) mass is 324 g/mol. The van der Waals surface area contributed by atoms with Crippen molar-refractivity contribution >= 4 is 0 Å². The Balaban J connectivity index is 1.90. The van der Waals surface area contributed by atoms with Crippen molar-refractivity contribution in [3.63, 3.8) is 0 Å². The van der Waals surface area contributed by atoms with E-state index in [1.807, 2.05) is 6.92 Å². The Hall–Kier alpha value is -0.120. The summed E-state index contributed by atoms with van der Waals surface area (Å²) in [5.74, 6) is 1.34. The summed E-state index contributed by atoms with van der Waals surface area (Å²) in [7, 11) is 0. The molecule has 0 aromatic carbocycles. The Labute approximate surface area is 141 Å². The highest BCUT2D eigenvalue weighted by molar-refractivity contribution is 5.11. The zero-order valence-corrected chi connectivity index (χ0v) is 15.7. The molecule has 3 rings (SSSR count). The van der Waals surface area contributed by atoms with Crippen LogP contribution >= 0.6 is 0 Å². The number of fused-ring (bicyclic) bond motifs is 3. The van der Waals surface area contributed by atoms with Gasteiger partial charge in [-0.2, -0.15) is 0 Å². The molecule has 0 radical (unpaired) electrons. The van der Waals surface area contributed by atoms with Gasteiger partial charge in [0.1, 0.15) is 6.10 Å². The van der Waals surface area contributed by atoms with Gasteiger partial charge in [-0.05, 0) is 75.0 Å². The number of aliphatic hydroxyl groups is 2. The fourth-order valence-electron chi connectivity index (χ4n) is 6.81. The van der Waals surface area contributed by atoms with E-state index in [1.165, 1.54) is 25.7 Å². The summed E-state index contributed by atoms with van der Waals surface area (Å²) in [5, 5.41) is 19.7. The lowest BCUT2D eigenvalue weighted by Gasteiger charge is -2.65. The first-order valence-corrected chi connectivity index (χ1v) is 9.57. The number of rotatable bonds is 2. The molecule has 0 aromatic heterocycles. The van der Waals surface area contributed by atoms with Gasteiger partial charge in [0.15, 0.2) is 0 Å². The number of aliphatic hydroxyl groups excluding tert-OH is 2. The molecule has 0 spiro atoms. The molecule has 1 heterocycles. The van der Waals surface area contributed by atoms with Crippen molar-refractivity contribution in [3.8, 4) is 0 Å². The molecule has 1 saturated heterocycles. The lowest BCUT2D eigenvalue weighted by molar-refractivity contribution is -0.287. The van der Waals surface area contributed by atoms with E-state index in [4.69, 9.17) is 4.74 Å². The molecule has 6 atom stereocenters. The maximum absolute atomic E-state index is 10.3. The normalized spacial score (nSPS) is 50.7. The molecule has 23 heavy (non-hydrogen) atoms. The van der Waals surface area contributed by atoms with Gasteiger partial charge in [0.2, 0.25) is 0 Å². The van der Waals surface area contributed by atoms with E-state index in [0.717, 1.165) is 25.2 Å². The van der Waals surface area contributed by atoms with Crippen molar-refractivity contribution in [2.45, 2.75) is 96.9 Å². The molecule has 2 aliphatic carbocycles. The standard InChI is InChI=1S/C20H36O3/c1-17(2)9-6-10-18(3)14(17)7-11-19(4)15(18)8-12-20(5,23-19)16(22)13-21/h14-16,21-22H,6-13H2,1-5H3/t14-,15+,16-,18-,19+,20-/m1/s1. The van der Waals surface area contributed by atoms with E-state index < -0.39 is 11.7 Å². The highest BCUT2D eigenvalue weighted by Gasteiger charge is 2.62. The second-order valence-electron chi connectivity index (χ2n) is 9.96. The highest BCUT2D eigenvalue weighted by Crippen LogP contribution is 2.65. The molecule has 0 unspecified atom stereocenters. The molecule has 1 aliphatic heterocycles. The van der Waals surface area contributed by atoms with Gasteiger partial charge in [0, 0.05) is 0 Å². The number of ether oxygens (including phenoxy) is 1. The Bertz CT molecular complexity index is 462. The average Bonchev–Trinajstić information content (AvgIpc) is 2.44. The predicted octanol–water partition coefficient (Wildman–Crippen LogP) is 3.91. The zero-order chi connectivity index (χ0) is 17.1. The summed E-state index contributed by atoms with van der Waals surface area (Å²) in [5.41, 5.74) is 0.00907. The molecular formula is C20H36O3. The van der Waals surface area contributed by atoms with Crippen LogP contribution in [0.5, 0.6) is 0 Å².